The van der Waals surface area contributed by atoms with E-state index in [1.165, 1.54) is 44.5 Å². The van der Waals surface area contributed by atoms with Crippen LogP contribution < -0.4 is 0 Å². The van der Waals surface area contributed by atoms with Crippen molar-refractivity contribution in [2.75, 3.05) is 0 Å². The number of rotatable bonds is 4. The molecular weight excluding hydrogens is 360 g/mol. The molecule has 0 heteroatoms. The second-order valence-corrected chi connectivity index (χ2v) is 7.44. The smallest absolute Gasteiger partial charge is 0.0105 e. The molecule has 0 fully saturated rings. The Morgan fingerprint density at radius 2 is 0.633 bits per heavy atom. The van der Waals surface area contributed by atoms with Crippen LogP contribution in [0.1, 0.15) is 0 Å². The second kappa shape index (κ2) is 8.23. The largest absolute Gasteiger partial charge is 0.0622 e. The summed E-state index contributed by atoms with van der Waals surface area (Å²) >= 11 is 0. The molecule has 0 aliphatic carbocycles. The molecule has 5 rings (SSSR count). The highest BCUT2D eigenvalue weighted by Crippen LogP contribution is 2.35. The molecule has 0 N–H and O–H groups in total. The lowest BCUT2D eigenvalue weighted by atomic mass is 9.92. The van der Waals surface area contributed by atoms with E-state index in [0.29, 0.717) is 0 Å². The summed E-state index contributed by atoms with van der Waals surface area (Å²) in [5.41, 5.74) is 9.93. The van der Waals surface area contributed by atoms with Crippen LogP contribution >= 0.6 is 0 Å². The topological polar surface area (TPSA) is 0 Å². The van der Waals surface area contributed by atoms with Gasteiger partial charge >= 0.3 is 0 Å². The number of hydrogen-bond acceptors (Lipinski definition) is 0. The van der Waals surface area contributed by atoms with Crippen molar-refractivity contribution in [1.82, 2.24) is 0 Å². The van der Waals surface area contributed by atoms with E-state index in [1.54, 1.807) is 0 Å². The van der Waals surface area contributed by atoms with Crippen molar-refractivity contribution in [2.45, 2.75) is 0 Å². The molecule has 0 saturated heterocycles. The normalized spacial score (nSPS) is 10.7. The molecule has 0 unspecified atom stereocenters. The van der Waals surface area contributed by atoms with E-state index in [1.807, 2.05) is 0 Å². The maximum Gasteiger partial charge on any atom is -0.0105 e. The zero-order chi connectivity index (χ0) is 20.2. The molecule has 0 heterocycles. The van der Waals surface area contributed by atoms with Gasteiger partial charge in [-0.2, -0.15) is 0 Å². The third-order valence-corrected chi connectivity index (χ3v) is 5.51. The molecule has 30 heavy (non-hydrogen) atoms. The predicted molar refractivity (Wildman–Crippen MR) is 128 cm³/mol. The van der Waals surface area contributed by atoms with Gasteiger partial charge in [-0.3, -0.25) is 0 Å². The Hall–Kier alpha value is -3.90. The van der Waals surface area contributed by atoms with Gasteiger partial charge < -0.3 is 0 Å². The molecule has 0 nitrogen and oxygen atoms in total. The minimum absolute atomic E-state index is 1.23. The SMILES string of the molecule is c1ccc(-c2ccc(-c3ccccc3-c3cccc(-c4ccccc4)c3)cc2)cc1. The zero-order valence-electron chi connectivity index (χ0n) is 16.7. The molecule has 0 spiro atoms. The molecule has 0 saturated carbocycles. The monoisotopic (exact) mass is 382 g/mol. The van der Waals surface area contributed by atoms with Gasteiger partial charge in [-0.25, -0.2) is 0 Å². The first-order valence-electron chi connectivity index (χ1n) is 10.3. The van der Waals surface area contributed by atoms with Gasteiger partial charge in [0.2, 0.25) is 0 Å². The van der Waals surface area contributed by atoms with Gasteiger partial charge in [-0.15, -0.1) is 0 Å². The second-order valence-electron chi connectivity index (χ2n) is 7.44. The predicted octanol–water partition coefficient (Wildman–Crippen LogP) is 8.35. The van der Waals surface area contributed by atoms with Crippen LogP contribution in [0.4, 0.5) is 0 Å². The van der Waals surface area contributed by atoms with Gasteiger partial charge in [0.25, 0.3) is 0 Å². The molecule has 0 radical (unpaired) electrons. The molecular formula is C30H22. The summed E-state index contributed by atoms with van der Waals surface area (Å²) in [5.74, 6) is 0. The average Bonchev–Trinajstić information content (AvgIpc) is 2.85. The molecule has 0 aliphatic heterocycles. The Kier molecular flexibility index (Phi) is 4.98. The summed E-state index contributed by atoms with van der Waals surface area (Å²) in [7, 11) is 0. The lowest BCUT2D eigenvalue weighted by Crippen LogP contribution is -1.87. The summed E-state index contributed by atoms with van der Waals surface area (Å²) in [6.45, 7) is 0. The van der Waals surface area contributed by atoms with E-state index in [9.17, 15) is 0 Å². The van der Waals surface area contributed by atoms with Crippen molar-refractivity contribution in [3.05, 3.63) is 133 Å². The fourth-order valence-corrected chi connectivity index (χ4v) is 3.96. The average molecular weight is 383 g/mol. The first-order valence-corrected chi connectivity index (χ1v) is 10.3. The summed E-state index contributed by atoms with van der Waals surface area (Å²) in [5, 5.41) is 0. The van der Waals surface area contributed by atoms with Crippen LogP contribution in [0.3, 0.4) is 0 Å². The van der Waals surface area contributed by atoms with Gasteiger partial charge in [0.05, 0.1) is 0 Å². The van der Waals surface area contributed by atoms with Crippen LogP contribution in [-0.2, 0) is 0 Å². The fourth-order valence-electron chi connectivity index (χ4n) is 3.96. The molecule has 5 aromatic rings. The van der Waals surface area contributed by atoms with Gasteiger partial charge in [-0.1, -0.05) is 127 Å². The minimum atomic E-state index is 1.23. The van der Waals surface area contributed by atoms with Crippen LogP contribution in [-0.4, -0.2) is 0 Å². The maximum atomic E-state index is 2.28. The Morgan fingerprint density at radius 1 is 0.233 bits per heavy atom. The Morgan fingerprint density at radius 3 is 1.27 bits per heavy atom. The molecule has 0 aliphatic rings. The van der Waals surface area contributed by atoms with E-state index < -0.39 is 0 Å². The van der Waals surface area contributed by atoms with E-state index >= 15 is 0 Å². The molecule has 0 aromatic heterocycles. The van der Waals surface area contributed by atoms with E-state index in [-0.39, 0.29) is 0 Å². The maximum absolute atomic E-state index is 2.28. The van der Waals surface area contributed by atoms with Crippen molar-refractivity contribution in [3.63, 3.8) is 0 Å². The van der Waals surface area contributed by atoms with Crippen molar-refractivity contribution >= 4 is 0 Å². The van der Waals surface area contributed by atoms with Crippen molar-refractivity contribution in [3.8, 4) is 44.5 Å². The lowest BCUT2D eigenvalue weighted by molar-refractivity contribution is 1.56. The summed E-state index contributed by atoms with van der Waals surface area (Å²) < 4.78 is 0. The fraction of sp³-hybridized carbons (Fsp3) is 0. The van der Waals surface area contributed by atoms with E-state index in [0.717, 1.165) is 0 Å². The van der Waals surface area contributed by atoms with E-state index in [2.05, 4.69) is 133 Å². The Balaban J connectivity index is 1.54. The first-order chi connectivity index (χ1) is 14.9. The van der Waals surface area contributed by atoms with Crippen LogP contribution in [0.2, 0.25) is 0 Å². The molecule has 0 amide bonds. The van der Waals surface area contributed by atoms with Crippen LogP contribution in [0, 0.1) is 0 Å². The van der Waals surface area contributed by atoms with Crippen LogP contribution in [0.15, 0.2) is 133 Å². The van der Waals surface area contributed by atoms with Gasteiger partial charge in [-0.05, 0) is 50.6 Å². The Bertz CT molecular complexity index is 1250. The summed E-state index contributed by atoms with van der Waals surface area (Å²) in [6.07, 6.45) is 0. The van der Waals surface area contributed by atoms with Crippen LogP contribution in [0.5, 0.6) is 0 Å². The van der Waals surface area contributed by atoms with Crippen LogP contribution in [0.25, 0.3) is 44.5 Å². The standard InChI is InChI=1S/C30H22/c1-3-10-23(11-4-1)25-18-20-26(21-19-25)29-16-7-8-17-30(29)28-15-9-14-27(22-28)24-12-5-2-6-13-24/h1-22H. The highest BCUT2D eigenvalue weighted by molar-refractivity contribution is 5.86. The quantitative estimate of drug-likeness (QED) is 0.293. The summed E-state index contributed by atoms with van der Waals surface area (Å²) in [4.78, 5) is 0. The third-order valence-electron chi connectivity index (χ3n) is 5.51. The zero-order valence-corrected chi connectivity index (χ0v) is 16.7. The van der Waals surface area contributed by atoms with Crippen molar-refractivity contribution < 1.29 is 0 Å². The molecule has 0 bridgehead atoms. The van der Waals surface area contributed by atoms with Crippen molar-refractivity contribution in [1.29, 1.82) is 0 Å². The Labute approximate surface area is 178 Å². The number of benzene rings is 5. The lowest BCUT2D eigenvalue weighted by Gasteiger charge is -2.12. The third kappa shape index (κ3) is 3.68. The van der Waals surface area contributed by atoms with E-state index in [4.69, 9.17) is 0 Å². The highest BCUT2D eigenvalue weighted by Gasteiger charge is 2.09. The van der Waals surface area contributed by atoms with Gasteiger partial charge in [0.15, 0.2) is 0 Å². The van der Waals surface area contributed by atoms with Gasteiger partial charge in [0.1, 0.15) is 0 Å². The molecule has 5 aromatic carbocycles. The summed E-state index contributed by atoms with van der Waals surface area (Å²) in [6, 6.07) is 47.4. The number of hydrogen-bond donors (Lipinski definition) is 0. The van der Waals surface area contributed by atoms with Gasteiger partial charge in [0, 0.05) is 0 Å². The molecule has 0 atom stereocenters. The highest BCUT2D eigenvalue weighted by atomic mass is 14.1. The molecule has 142 valence electrons. The first kappa shape index (κ1) is 18.1. The minimum Gasteiger partial charge on any atom is -0.0622 e. The van der Waals surface area contributed by atoms with Crippen molar-refractivity contribution in [2.24, 2.45) is 0 Å².